The lowest BCUT2D eigenvalue weighted by molar-refractivity contribution is 0.938. The predicted molar refractivity (Wildman–Crippen MR) is 50.9 cm³/mol. The molecule has 0 radical (unpaired) electrons. The average molecular weight is 174 g/mol. The van der Waals surface area contributed by atoms with E-state index in [0.29, 0.717) is 5.95 Å². The van der Waals surface area contributed by atoms with Gasteiger partial charge in [0, 0.05) is 25.0 Å². The summed E-state index contributed by atoms with van der Waals surface area (Å²) in [5.41, 5.74) is 7.69. The van der Waals surface area contributed by atoms with Crippen LogP contribution in [0.2, 0.25) is 0 Å². The Morgan fingerprint density at radius 2 is 2.00 bits per heavy atom. The first kappa shape index (κ1) is 7.79. The van der Waals surface area contributed by atoms with E-state index in [9.17, 15) is 0 Å². The number of pyridine rings is 1. The van der Waals surface area contributed by atoms with E-state index in [1.807, 2.05) is 23.7 Å². The fraction of sp³-hybridized carbons (Fsp3) is 0.111. The highest BCUT2D eigenvalue weighted by molar-refractivity contribution is 5.60. The molecule has 0 aliphatic heterocycles. The van der Waals surface area contributed by atoms with Gasteiger partial charge in [0.2, 0.25) is 0 Å². The molecule has 0 aromatic carbocycles. The van der Waals surface area contributed by atoms with Gasteiger partial charge in [0.1, 0.15) is 0 Å². The summed E-state index contributed by atoms with van der Waals surface area (Å²) < 4.78 is 1.84. The SMILES string of the molecule is Cn1c(-c2ccncc2)cnc1N. The number of anilines is 1. The molecule has 2 N–H and O–H groups in total. The van der Waals surface area contributed by atoms with E-state index in [2.05, 4.69) is 9.97 Å². The summed E-state index contributed by atoms with van der Waals surface area (Å²) in [5, 5.41) is 0. The van der Waals surface area contributed by atoms with Crippen LogP contribution in [0.5, 0.6) is 0 Å². The van der Waals surface area contributed by atoms with Crippen molar-refractivity contribution in [3.63, 3.8) is 0 Å². The second-order valence-electron chi connectivity index (χ2n) is 2.80. The van der Waals surface area contributed by atoms with Gasteiger partial charge >= 0.3 is 0 Å². The highest BCUT2D eigenvalue weighted by Crippen LogP contribution is 2.18. The van der Waals surface area contributed by atoms with Crippen molar-refractivity contribution in [2.24, 2.45) is 7.05 Å². The first-order valence-electron chi connectivity index (χ1n) is 3.96. The second-order valence-corrected chi connectivity index (χ2v) is 2.80. The van der Waals surface area contributed by atoms with Crippen LogP contribution in [0.1, 0.15) is 0 Å². The van der Waals surface area contributed by atoms with Crippen molar-refractivity contribution in [2.75, 3.05) is 5.73 Å². The minimum absolute atomic E-state index is 0.520. The molecule has 2 rings (SSSR count). The van der Waals surface area contributed by atoms with Crippen LogP contribution in [-0.2, 0) is 7.05 Å². The van der Waals surface area contributed by atoms with E-state index in [0.717, 1.165) is 11.3 Å². The van der Waals surface area contributed by atoms with Crippen LogP contribution in [0.25, 0.3) is 11.3 Å². The van der Waals surface area contributed by atoms with Crippen LogP contribution in [-0.4, -0.2) is 14.5 Å². The number of hydrogen-bond donors (Lipinski definition) is 1. The highest BCUT2D eigenvalue weighted by atomic mass is 15.1. The first-order chi connectivity index (χ1) is 6.29. The fourth-order valence-corrected chi connectivity index (χ4v) is 1.21. The van der Waals surface area contributed by atoms with Gasteiger partial charge in [0.05, 0.1) is 11.9 Å². The number of nitrogens with two attached hydrogens (primary N) is 1. The molecule has 0 amide bonds. The molecule has 2 heterocycles. The van der Waals surface area contributed by atoms with E-state index < -0.39 is 0 Å². The first-order valence-corrected chi connectivity index (χ1v) is 3.96. The molecule has 13 heavy (non-hydrogen) atoms. The maximum atomic E-state index is 5.61. The van der Waals surface area contributed by atoms with Gasteiger partial charge in [-0.15, -0.1) is 0 Å². The Hall–Kier alpha value is -1.84. The molecule has 0 aliphatic carbocycles. The summed E-state index contributed by atoms with van der Waals surface area (Å²) in [4.78, 5) is 7.96. The van der Waals surface area contributed by atoms with E-state index in [-0.39, 0.29) is 0 Å². The van der Waals surface area contributed by atoms with Crippen molar-refractivity contribution < 1.29 is 0 Å². The Morgan fingerprint density at radius 1 is 1.31 bits per heavy atom. The standard InChI is InChI=1S/C9H10N4/c1-13-8(6-12-9(13)10)7-2-4-11-5-3-7/h2-6H,1H3,(H2,10,12). The van der Waals surface area contributed by atoms with Crippen molar-refractivity contribution in [1.29, 1.82) is 0 Å². The molecule has 4 heteroatoms. The minimum Gasteiger partial charge on any atom is -0.369 e. The van der Waals surface area contributed by atoms with Gasteiger partial charge in [0.25, 0.3) is 0 Å². The largest absolute Gasteiger partial charge is 0.369 e. The van der Waals surface area contributed by atoms with Crippen LogP contribution >= 0.6 is 0 Å². The maximum absolute atomic E-state index is 5.61. The molecule has 0 fully saturated rings. The zero-order valence-electron chi connectivity index (χ0n) is 7.31. The van der Waals surface area contributed by atoms with Crippen LogP contribution in [0, 0.1) is 0 Å². The summed E-state index contributed by atoms with van der Waals surface area (Å²) in [6.07, 6.45) is 5.25. The van der Waals surface area contributed by atoms with Crippen LogP contribution in [0.4, 0.5) is 5.95 Å². The molecule has 0 unspecified atom stereocenters. The molecule has 0 spiro atoms. The van der Waals surface area contributed by atoms with Crippen molar-refractivity contribution in [1.82, 2.24) is 14.5 Å². The monoisotopic (exact) mass is 174 g/mol. The molecule has 4 nitrogen and oxygen atoms in total. The molecule has 0 bridgehead atoms. The third-order valence-electron chi connectivity index (χ3n) is 2.00. The number of rotatable bonds is 1. The Morgan fingerprint density at radius 3 is 2.54 bits per heavy atom. The Labute approximate surface area is 76.1 Å². The molecule has 0 saturated carbocycles. The van der Waals surface area contributed by atoms with Gasteiger partial charge in [0.15, 0.2) is 5.95 Å². The fourth-order valence-electron chi connectivity index (χ4n) is 1.21. The molecule has 0 saturated heterocycles. The Kier molecular flexibility index (Phi) is 1.73. The van der Waals surface area contributed by atoms with Crippen molar-refractivity contribution in [2.45, 2.75) is 0 Å². The molecule has 2 aromatic rings. The second kappa shape index (κ2) is 2.90. The topological polar surface area (TPSA) is 56.7 Å². The normalized spacial score (nSPS) is 10.2. The van der Waals surface area contributed by atoms with Gasteiger partial charge < -0.3 is 10.3 Å². The summed E-state index contributed by atoms with van der Waals surface area (Å²) in [6, 6.07) is 3.85. The number of aromatic nitrogens is 3. The van der Waals surface area contributed by atoms with Crippen molar-refractivity contribution >= 4 is 5.95 Å². The van der Waals surface area contributed by atoms with Gasteiger partial charge in [-0.2, -0.15) is 0 Å². The lowest BCUT2D eigenvalue weighted by atomic mass is 10.2. The summed E-state index contributed by atoms with van der Waals surface area (Å²) in [7, 11) is 1.89. The van der Waals surface area contributed by atoms with E-state index >= 15 is 0 Å². The quantitative estimate of drug-likeness (QED) is 0.703. The van der Waals surface area contributed by atoms with Crippen LogP contribution in [0.3, 0.4) is 0 Å². The van der Waals surface area contributed by atoms with E-state index in [1.54, 1.807) is 18.6 Å². The molecular weight excluding hydrogens is 164 g/mol. The maximum Gasteiger partial charge on any atom is 0.200 e. The van der Waals surface area contributed by atoms with Gasteiger partial charge in [-0.25, -0.2) is 4.98 Å². The van der Waals surface area contributed by atoms with E-state index in [1.165, 1.54) is 0 Å². The Bertz CT molecular complexity index is 405. The van der Waals surface area contributed by atoms with Crippen molar-refractivity contribution in [3.05, 3.63) is 30.7 Å². The van der Waals surface area contributed by atoms with Gasteiger partial charge in [-0.3, -0.25) is 4.98 Å². The number of nitrogens with zero attached hydrogens (tertiary/aromatic N) is 3. The summed E-state index contributed by atoms with van der Waals surface area (Å²) >= 11 is 0. The summed E-state index contributed by atoms with van der Waals surface area (Å²) in [6.45, 7) is 0. The van der Waals surface area contributed by atoms with Crippen LogP contribution < -0.4 is 5.73 Å². The molecule has 2 aromatic heterocycles. The average Bonchev–Trinajstić information content (AvgIpc) is 2.49. The third kappa shape index (κ3) is 1.26. The molecule has 0 atom stereocenters. The lowest BCUT2D eigenvalue weighted by Crippen LogP contribution is -1.98. The Balaban J connectivity index is 2.53. The lowest BCUT2D eigenvalue weighted by Gasteiger charge is -2.01. The van der Waals surface area contributed by atoms with Gasteiger partial charge in [-0.05, 0) is 12.1 Å². The number of imidazole rings is 1. The van der Waals surface area contributed by atoms with Crippen molar-refractivity contribution in [3.8, 4) is 11.3 Å². The highest BCUT2D eigenvalue weighted by Gasteiger charge is 2.04. The molecule has 0 aliphatic rings. The van der Waals surface area contributed by atoms with Gasteiger partial charge in [-0.1, -0.05) is 0 Å². The molecule has 66 valence electrons. The third-order valence-corrected chi connectivity index (χ3v) is 2.00. The smallest absolute Gasteiger partial charge is 0.200 e. The minimum atomic E-state index is 0.520. The summed E-state index contributed by atoms with van der Waals surface area (Å²) in [5.74, 6) is 0.520. The predicted octanol–water partition coefficient (Wildman–Crippen LogP) is 1.06. The van der Waals surface area contributed by atoms with E-state index in [4.69, 9.17) is 5.73 Å². The molecular formula is C9H10N4. The zero-order chi connectivity index (χ0) is 9.26. The van der Waals surface area contributed by atoms with Crippen LogP contribution in [0.15, 0.2) is 30.7 Å². The zero-order valence-corrected chi connectivity index (χ0v) is 7.31. The number of nitrogen functional groups attached to an aromatic ring is 1. The number of hydrogen-bond acceptors (Lipinski definition) is 3.